The lowest BCUT2D eigenvalue weighted by Gasteiger charge is -2.22. The van der Waals surface area contributed by atoms with Crippen LogP contribution in [0.25, 0.3) is 11.0 Å². The van der Waals surface area contributed by atoms with Gasteiger partial charge in [0, 0.05) is 19.0 Å². The quantitative estimate of drug-likeness (QED) is 0.704. The standard InChI is InChI=1S/C21H23ClFN3O/c1-27-20-12-18-19(11-17(20)22)26(13-15-2-4-16(23)5-3-15)21(25-18)10-14-6-8-24-9-7-14/h2-5,11-12,14,24H,6-10,13H2,1H3. The number of fused-ring (bicyclic) bond motifs is 1. The lowest BCUT2D eigenvalue weighted by Crippen LogP contribution is -2.29. The van der Waals surface area contributed by atoms with E-state index in [1.54, 1.807) is 7.11 Å². The summed E-state index contributed by atoms with van der Waals surface area (Å²) in [5.74, 6) is 2.07. The van der Waals surface area contributed by atoms with Gasteiger partial charge in [-0.2, -0.15) is 0 Å². The first kappa shape index (κ1) is 18.3. The Labute approximate surface area is 163 Å². The predicted octanol–water partition coefficient (Wildman–Crippen LogP) is 4.43. The van der Waals surface area contributed by atoms with Gasteiger partial charge in [0.15, 0.2) is 0 Å². The molecule has 3 aromatic rings. The fraction of sp³-hybridized carbons (Fsp3) is 0.381. The summed E-state index contributed by atoms with van der Waals surface area (Å²) in [6, 6.07) is 10.4. The number of methoxy groups -OCH3 is 1. The van der Waals surface area contributed by atoms with Crippen molar-refractivity contribution in [1.29, 1.82) is 0 Å². The van der Waals surface area contributed by atoms with E-state index in [1.807, 2.05) is 24.3 Å². The summed E-state index contributed by atoms with van der Waals surface area (Å²) in [5, 5.41) is 3.98. The molecule has 0 atom stereocenters. The molecule has 1 saturated heterocycles. The fourth-order valence-electron chi connectivity index (χ4n) is 3.78. The van der Waals surface area contributed by atoms with E-state index >= 15 is 0 Å². The second-order valence-corrected chi connectivity index (χ2v) is 7.52. The summed E-state index contributed by atoms with van der Waals surface area (Å²) in [6.45, 7) is 2.75. The molecule has 6 heteroatoms. The maximum absolute atomic E-state index is 13.3. The van der Waals surface area contributed by atoms with E-state index in [0.29, 0.717) is 23.2 Å². The van der Waals surface area contributed by atoms with Gasteiger partial charge in [-0.1, -0.05) is 23.7 Å². The molecule has 27 heavy (non-hydrogen) atoms. The molecule has 4 nitrogen and oxygen atoms in total. The molecule has 2 heterocycles. The lowest BCUT2D eigenvalue weighted by atomic mass is 9.94. The molecule has 0 bridgehead atoms. The summed E-state index contributed by atoms with van der Waals surface area (Å²) in [7, 11) is 1.61. The lowest BCUT2D eigenvalue weighted by molar-refractivity contribution is 0.364. The van der Waals surface area contributed by atoms with E-state index in [2.05, 4.69) is 9.88 Å². The van der Waals surface area contributed by atoms with Gasteiger partial charge in [0.1, 0.15) is 17.4 Å². The number of hydrogen-bond acceptors (Lipinski definition) is 3. The average molecular weight is 388 g/mol. The maximum Gasteiger partial charge on any atom is 0.139 e. The second kappa shape index (κ2) is 7.87. The van der Waals surface area contributed by atoms with Crippen molar-refractivity contribution in [1.82, 2.24) is 14.9 Å². The van der Waals surface area contributed by atoms with Crippen LogP contribution in [0.5, 0.6) is 5.75 Å². The van der Waals surface area contributed by atoms with E-state index in [4.69, 9.17) is 21.3 Å². The molecule has 0 aliphatic carbocycles. The number of piperidine rings is 1. The van der Waals surface area contributed by atoms with Gasteiger partial charge in [0.2, 0.25) is 0 Å². The predicted molar refractivity (Wildman–Crippen MR) is 106 cm³/mol. The number of ether oxygens (including phenoxy) is 1. The Bertz CT molecular complexity index is 933. The highest BCUT2D eigenvalue weighted by Gasteiger charge is 2.20. The summed E-state index contributed by atoms with van der Waals surface area (Å²) in [4.78, 5) is 4.90. The minimum Gasteiger partial charge on any atom is -0.495 e. The molecule has 0 radical (unpaired) electrons. The third kappa shape index (κ3) is 3.94. The van der Waals surface area contributed by atoms with Gasteiger partial charge in [-0.15, -0.1) is 0 Å². The fourth-order valence-corrected chi connectivity index (χ4v) is 4.02. The van der Waals surface area contributed by atoms with E-state index in [9.17, 15) is 4.39 Å². The normalized spacial score (nSPS) is 15.4. The average Bonchev–Trinajstić information content (AvgIpc) is 3.00. The van der Waals surface area contributed by atoms with Gasteiger partial charge in [-0.25, -0.2) is 9.37 Å². The van der Waals surface area contributed by atoms with Crippen LogP contribution in [-0.2, 0) is 13.0 Å². The number of benzene rings is 2. The highest BCUT2D eigenvalue weighted by molar-refractivity contribution is 6.32. The van der Waals surface area contributed by atoms with Crippen LogP contribution in [0.3, 0.4) is 0 Å². The van der Waals surface area contributed by atoms with Crippen LogP contribution in [0, 0.1) is 11.7 Å². The Balaban J connectivity index is 1.75. The third-order valence-corrected chi connectivity index (χ3v) is 5.58. The summed E-state index contributed by atoms with van der Waals surface area (Å²) in [5.41, 5.74) is 2.89. The molecule has 4 rings (SSSR count). The molecule has 1 aromatic heterocycles. The molecule has 1 fully saturated rings. The number of nitrogens with zero attached hydrogens (tertiary/aromatic N) is 2. The second-order valence-electron chi connectivity index (χ2n) is 7.11. The maximum atomic E-state index is 13.3. The van der Waals surface area contributed by atoms with Crippen molar-refractivity contribution in [3.8, 4) is 5.75 Å². The Morgan fingerprint density at radius 2 is 1.96 bits per heavy atom. The minimum absolute atomic E-state index is 0.225. The van der Waals surface area contributed by atoms with E-state index in [0.717, 1.165) is 54.8 Å². The molecular formula is C21H23ClFN3O. The smallest absolute Gasteiger partial charge is 0.139 e. The van der Waals surface area contributed by atoms with Gasteiger partial charge < -0.3 is 14.6 Å². The van der Waals surface area contributed by atoms with Crippen molar-refractivity contribution in [2.75, 3.05) is 20.2 Å². The molecule has 142 valence electrons. The van der Waals surface area contributed by atoms with Gasteiger partial charge in [-0.3, -0.25) is 0 Å². The minimum atomic E-state index is -0.225. The first-order valence-electron chi connectivity index (χ1n) is 9.32. The summed E-state index contributed by atoms with van der Waals surface area (Å²) in [6.07, 6.45) is 3.24. The highest BCUT2D eigenvalue weighted by Crippen LogP contribution is 2.31. The molecule has 1 N–H and O–H groups in total. The van der Waals surface area contributed by atoms with Crippen LogP contribution < -0.4 is 10.1 Å². The number of rotatable bonds is 5. The van der Waals surface area contributed by atoms with E-state index in [-0.39, 0.29) is 5.82 Å². The highest BCUT2D eigenvalue weighted by atomic mass is 35.5. The van der Waals surface area contributed by atoms with Crippen LogP contribution >= 0.6 is 11.6 Å². The SMILES string of the molecule is COc1cc2nc(CC3CCNCC3)n(Cc3ccc(F)cc3)c2cc1Cl. The van der Waals surface area contributed by atoms with Crippen LogP contribution in [0.2, 0.25) is 5.02 Å². The number of halogens is 2. The van der Waals surface area contributed by atoms with Gasteiger partial charge >= 0.3 is 0 Å². The first-order valence-corrected chi connectivity index (χ1v) is 9.69. The molecule has 0 amide bonds. The van der Waals surface area contributed by atoms with Crippen molar-refractivity contribution >= 4 is 22.6 Å². The Morgan fingerprint density at radius 1 is 1.22 bits per heavy atom. The zero-order valence-corrected chi connectivity index (χ0v) is 16.1. The van der Waals surface area contributed by atoms with Crippen LogP contribution in [0.4, 0.5) is 4.39 Å². The zero-order chi connectivity index (χ0) is 18.8. The Morgan fingerprint density at radius 3 is 2.67 bits per heavy atom. The number of aromatic nitrogens is 2. The van der Waals surface area contributed by atoms with Crippen LogP contribution in [-0.4, -0.2) is 29.8 Å². The molecule has 0 spiro atoms. The van der Waals surface area contributed by atoms with E-state index in [1.165, 1.54) is 12.1 Å². The molecule has 1 aliphatic rings. The largest absolute Gasteiger partial charge is 0.495 e. The van der Waals surface area contributed by atoms with Crippen LogP contribution in [0.15, 0.2) is 36.4 Å². The molecular weight excluding hydrogens is 365 g/mol. The summed E-state index contributed by atoms with van der Waals surface area (Å²) < 4.78 is 20.8. The van der Waals surface area contributed by atoms with Crippen molar-refractivity contribution in [3.05, 3.63) is 58.6 Å². The first-order chi connectivity index (χ1) is 13.1. The van der Waals surface area contributed by atoms with Crippen molar-refractivity contribution in [2.24, 2.45) is 5.92 Å². The Hall–Kier alpha value is -2.11. The summed E-state index contributed by atoms with van der Waals surface area (Å²) >= 11 is 6.38. The number of imidazole rings is 1. The van der Waals surface area contributed by atoms with E-state index < -0.39 is 0 Å². The van der Waals surface area contributed by atoms with Crippen molar-refractivity contribution in [3.63, 3.8) is 0 Å². The Kier molecular flexibility index (Phi) is 5.32. The van der Waals surface area contributed by atoms with Gasteiger partial charge in [0.25, 0.3) is 0 Å². The van der Waals surface area contributed by atoms with Crippen molar-refractivity contribution in [2.45, 2.75) is 25.8 Å². The molecule has 0 saturated carbocycles. The monoisotopic (exact) mass is 387 g/mol. The molecule has 1 aliphatic heterocycles. The van der Waals surface area contributed by atoms with Crippen LogP contribution in [0.1, 0.15) is 24.2 Å². The van der Waals surface area contributed by atoms with Gasteiger partial charge in [-0.05, 0) is 55.6 Å². The van der Waals surface area contributed by atoms with Gasteiger partial charge in [0.05, 0.1) is 23.2 Å². The molecule has 2 aromatic carbocycles. The zero-order valence-electron chi connectivity index (χ0n) is 15.3. The molecule has 0 unspecified atom stereocenters. The van der Waals surface area contributed by atoms with Crippen molar-refractivity contribution < 1.29 is 9.13 Å². The number of nitrogens with one attached hydrogen (secondary N) is 1. The third-order valence-electron chi connectivity index (χ3n) is 5.28. The number of hydrogen-bond donors (Lipinski definition) is 1. The topological polar surface area (TPSA) is 39.1 Å².